The molecular weight excluding hydrogens is 438 g/mol. The summed E-state index contributed by atoms with van der Waals surface area (Å²) in [6.07, 6.45) is 7.56. The minimum Gasteiger partial charge on any atom is -0.325 e. The Labute approximate surface area is 202 Å². The van der Waals surface area contributed by atoms with E-state index in [0.717, 1.165) is 45.8 Å². The predicted molar refractivity (Wildman–Crippen MR) is 132 cm³/mol. The number of aryl methyl sites for hydroxylation is 1. The number of fused-ring (bicyclic) bond motifs is 1. The van der Waals surface area contributed by atoms with Crippen molar-refractivity contribution in [1.82, 2.24) is 34.5 Å². The van der Waals surface area contributed by atoms with Crippen LogP contribution in [0.2, 0.25) is 0 Å². The van der Waals surface area contributed by atoms with Crippen LogP contribution in [0.15, 0.2) is 55.1 Å². The number of pyridine rings is 1. The van der Waals surface area contributed by atoms with Crippen molar-refractivity contribution in [2.45, 2.75) is 33.2 Å². The Kier molecular flexibility index (Phi) is 4.99. The van der Waals surface area contributed by atoms with E-state index in [0.29, 0.717) is 23.1 Å². The third-order valence-corrected chi connectivity index (χ3v) is 6.39. The summed E-state index contributed by atoms with van der Waals surface area (Å²) in [5.74, 6) is 2.89. The minimum absolute atomic E-state index is 0.632. The van der Waals surface area contributed by atoms with Crippen LogP contribution < -0.4 is 5.32 Å². The Bertz CT molecular complexity index is 1580. The van der Waals surface area contributed by atoms with Crippen molar-refractivity contribution >= 4 is 22.5 Å². The van der Waals surface area contributed by atoms with Gasteiger partial charge in [0.1, 0.15) is 18.0 Å². The lowest BCUT2D eigenvalue weighted by atomic mass is 10.1. The Balaban J connectivity index is 1.38. The molecule has 1 aliphatic rings. The van der Waals surface area contributed by atoms with Crippen LogP contribution in [0.1, 0.15) is 29.7 Å². The van der Waals surface area contributed by atoms with Crippen LogP contribution >= 0.6 is 0 Å². The van der Waals surface area contributed by atoms with E-state index in [4.69, 9.17) is 10.4 Å². The fourth-order valence-corrected chi connectivity index (χ4v) is 4.30. The monoisotopic (exact) mass is 461 g/mol. The van der Waals surface area contributed by atoms with Crippen molar-refractivity contribution in [2.75, 3.05) is 5.32 Å². The third-order valence-electron chi connectivity index (χ3n) is 6.39. The first kappa shape index (κ1) is 21.0. The van der Waals surface area contributed by atoms with Gasteiger partial charge >= 0.3 is 0 Å². The maximum absolute atomic E-state index is 9.14. The quantitative estimate of drug-likeness (QED) is 0.390. The largest absolute Gasteiger partial charge is 0.325 e. The van der Waals surface area contributed by atoms with E-state index in [-0.39, 0.29) is 0 Å². The average molecular weight is 462 g/mol. The topological polar surface area (TPSA) is 110 Å². The molecule has 9 nitrogen and oxygen atoms in total. The van der Waals surface area contributed by atoms with Gasteiger partial charge in [-0.3, -0.25) is 4.98 Å². The summed E-state index contributed by atoms with van der Waals surface area (Å²) in [5, 5.41) is 23.2. The van der Waals surface area contributed by atoms with Crippen LogP contribution in [0.5, 0.6) is 0 Å². The molecule has 0 aliphatic heterocycles. The van der Waals surface area contributed by atoms with E-state index in [2.05, 4.69) is 38.4 Å². The highest BCUT2D eigenvalue weighted by molar-refractivity contribution is 5.82. The normalized spacial score (nSPS) is 13.2. The summed E-state index contributed by atoms with van der Waals surface area (Å²) in [6, 6.07) is 13.5. The van der Waals surface area contributed by atoms with E-state index in [9.17, 15) is 0 Å². The van der Waals surface area contributed by atoms with Gasteiger partial charge in [-0.15, -0.1) is 0 Å². The molecule has 0 saturated heterocycles. The van der Waals surface area contributed by atoms with Crippen molar-refractivity contribution in [3.05, 3.63) is 71.9 Å². The highest BCUT2D eigenvalue weighted by atomic mass is 15.4. The first-order valence-corrected chi connectivity index (χ1v) is 11.6. The highest BCUT2D eigenvalue weighted by Crippen LogP contribution is 2.35. The van der Waals surface area contributed by atoms with Crippen molar-refractivity contribution in [3.8, 4) is 23.1 Å². The molecule has 172 valence electrons. The number of nitriles is 1. The Morgan fingerprint density at radius 3 is 2.69 bits per heavy atom. The number of aromatic nitrogens is 7. The fraction of sp³-hybridized carbons (Fsp3) is 0.231. The van der Waals surface area contributed by atoms with E-state index in [1.807, 2.05) is 58.9 Å². The van der Waals surface area contributed by atoms with E-state index in [1.165, 1.54) is 12.8 Å². The second-order valence-corrected chi connectivity index (χ2v) is 8.91. The zero-order valence-electron chi connectivity index (χ0n) is 19.5. The molecule has 0 bridgehead atoms. The third kappa shape index (κ3) is 3.89. The molecule has 0 amide bonds. The molecule has 1 saturated carbocycles. The number of benzene rings is 1. The highest BCUT2D eigenvalue weighted by Gasteiger charge is 2.25. The molecule has 1 fully saturated rings. The summed E-state index contributed by atoms with van der Waals surface area (Å²) < 4.78 is 3.86. The number of nitrogens with zero attached hydrogens (tertiary/aromatic N) is 8. The number of hydrogen-bond donors (Lipinski definition) is 1. The molecule has 35 heavy (non-hydrogen) atoms. The van der Waals surface area contributed by atoms with Gasteiger partial charge in [0.25, 0.3) is 0 Å². The SMILES string of the molecule is Cc1c(-c2ccc(C#N)cc2)nn(CC2CC2)c1Nc1cc(-n2nc(C)c3cnccc32)ncn1. The van der Waals surface area contributed by atoms with Gasteiger partial charge in [0.15, 0.2) is 5.82 Å². The second kappa shape index (κ2) is 8.33. The van der Waals surface area contributed by atoms with Gasteiger partial charge in [0, 0.05) is 41.5 Å². The molecule has 6 rings (SSSR count). The maximum atomic E-state index is 9.14. The average Bonchev–Trinajstić information content (AvgIpc) is 3.58. The lowest BCUT2D eigenvalue weighted by molar-refractivity contribution is 0.571. The van der Waals surface area contributed by atoms with Gasteiger partial charge in [-0.1, -0.05) is 12.1 Å². The summed E-state index contributed by atoms with van der Waals surface area (Å²) in [5.41, 5.74) is 5.38. The Morgan fingerprint density at radius 1 is 1.09 bits per heavy atom. The second-order valence-electron chi connectivity index (χ2n) is 8.91. The molecule has 0 atom stereocenters. The molecule has 5 aromatic rings. The number of anilines is 2. The molecule has 1 N–H and O–H groups in total. The lowest BCUT2D eigenvalue weighted by Gasteiger charge is -2.11. The van der Waals surface area contributed by atoms with Gasteiger partial charge in [-0.05, 0) is 50.8 Å². The molecule has 4 heterocycles. The minimum atomic E-state index is 0.632. The molecule has 1 aliphatic carbocycles. The molecule has 0 radical (unpaired) electrons. The first-order valence-electron chi connectivity index (χ1n) is 11.6. The van der Waals surface area contributed by atoms with E-state index >= 15 is 0 Å². The lowest BCUT2D eigenvalue weighted by Crippen LogP contribution is -2.08. The van der Waals surface area contributed by atoms with Crippen LogP contribution in [0.3, 0.4) is 0 Å². The van der Waals surface area contributed by atoms with Gasteiger partial charge < -0.3 is 5.32 Å². The Hall–Kier alpha value is -4.58. The molecular formula is C26H23N9. The first-order chi connectivity index (χ1) is 17.1. The molecule has 0 spiro atoms. The van der Waals surface area contributed by atoms with Crippen LogP contribution in [-0.4, -0.2) is 34.5 Å². The smallest absolute Gasteiger partial charge is 0.159 e. The zero-order valence-corrected chi connectivity index (χ0v) is 19.5. The van der Waals surface area contributed by atoms with Gasteiger partial charge in [0.05, 0.1) is 28.5 Å². The van der Waals surface area contributed by atoms with Crippen LogP contribution in [0.4, 0.5) is 11.6 Å². The predicted octanol–water partition coefficient (Wildman–Crippen LogP) is 4.72. The fourth-order valence-electron chi connectivity index (χ4n) is 4.30. The number of nitrogens with one attached hydrogen (secondary N) is 1. The van der Waals surface area contributed by atoms with Gasteiger partial charge in [-0.25, -0.2) is 19.3 Å². The van der Waals surface area contributed by atoms with Crippen LogP contribution in [-0.2, 0) is 6.54 Å². The van der Waals surface area contributed by atoms with Crippen molar-refractivity contribution in [2.24, 2.45) is 5.92 Å². The Morgan fingerprint density at radius 2 is 1.91 bits per heavy atom. The summed E-state index contributed by atoms with van der Waals surface area (Å²) in [6.45, 7) is 4.88. The van der Waals surface area contributed by atoms with E-state index < -0.39 is 0 Å². The van der Waals surface area contributed by atoms with E-state index in [1.54, 1.807) is 12.5 Å². The standard InChI is InChI=1S/C26H23N9/c1-16-25(20-7-5-18(12-27)6-8-20)33-34(14-19-3-4-19)26(16)31-23-11-24(30-15-29-23)35-22-9-10-28-13-21(22)17(2)32-35/h5-11,13,15,19H,3-4,14H2,1-2H3,(H,29,30,31). The molecule has 4 aromatic heterocycles. The van der Waals surface area contributed by atoms with Crippen LogP contribution in [0, 0.1) is 31.1 Å². The zero-order chi connectivity index (χ0) is 23.9. The van der Waals surface area contributed by atoms with Crippen molar-refractivity contribution < 1.29 is 0 Å². The van der Waals surface area contributed by atoms with Crippen molar-refractivity contribution in [1.29, 1.82) is 5.26 Å². The van der Waals surface area contributed by atoms with Crippen LogP contribution in [0.25, 0.3) is 28.0 Å². The summed E-state index contributed by atoms with van der Waals surface area (Å²) in [4.78, 5) is 13.2. The van der Waals surface area contributed by atoms with Gasteiger partial charge in [0.2, 0.25) is 0 Å². The summed E-state index contributed by atoms with van der Waals surface area (Å²) >= 11 is 0. The molecule has 1 aromatic carbocycles. The van der Waals surface area contributed by atoms with Crippen molar-refractivity contribution in [3.63, 3.8) is 0 Å². The number of rotatable bonds is 6. The summed E-state index contributed by atoms with van der Waals surface area (Å²) in [7, 11) is 0. The molecule has 9 heteroatoms. The maximum Gasteiger partial charge on any atom is 0.159 e. The van der Waals surface area contributed by atoms with Gasteiger partial charge in [-0.2, -0.15) is 15.5 Å². The number of hydrogen-bond acceptors (Lipinski definition) is 7. The molecule has 0 unspecified atom stereocenters.